The molecule has 2 nitrogen and oxygen atoms in total. The van der Waals surface area contributed by atoms with Gasteiger partial charge in [-0.1, -0.05) is 6.92 Å². The molecule has 0 amide bonds. The summed E-state index contributed by atoms with van der Waals surface area (Å²) in [5, 5.41) is 0. The molecule has 0 spiro atoms. The van der Waals surface area contributed by atoms with Crippen LogP contribution in [-0.4, -0.2) is 18.0 Å². The number of ketones is 1. The number of Topliss-reactive ketones (excluding diaryl/α,β-unsaturated/α-hetero) is 1. The highest BCUT2D eigenvalue weighted by Gasteiger charge is 2.40. The van der Waals surface area contributed by atoms with Crippen molar-refractivity contribution in [3.05, 3.63) is 0 Å². The van der Waals surface area contributed by atoms with Crippen LogP contribution < -0.4 is 0 Å². The van der Waals surface area contributed by atoms with Crippen LogP contribution in [-0.2, 0) is 9.53 Å². The van der Waals surface area contributed by atoms with Gasteiger partial charge in [0.2, 0.25) is 0 Å². The Labute approximate surface area is 105 Å². The summed E-state index contributed by atoms with van der Waals surface area (Å²) in [7, 11) is 0. The lowest BCUT2D eigenvalue weighted by molar-refractivity contribution is -0.150. The molecule has 1 saturated carbocycles. The van der Waals surface area contributed by atoms with Gasteiger partial charge < -0.3 is 4.74 Å². The second-order valence-corrected chi connectivity index (χ2v) is 4.96. The maximum absolute atomic E-state index is 12.3. The molecule has 0 atom stereocenters. The van der Waals surface area contributed by atoms with E-state index in [0.717, 1.165) is 31.6 Å². The van der Waals surface area contributed by atoms with Crippen molar-refractivity contribution in [2.75, 3.05) is 6.61 Å². The van der Waals surface area contributed by atoms with E-state index in [1.165, 1.54) is 0 Å². The van der Waals surface area contributed by atoms with E-state index in [1.54, 1.807) is 0 Å². The minimum Gasteiger partial charge on any atom is -0.368 e. The van der Waals surface area contributed by atoms with Crippen LogP contribution in [0.15, 0.2) is 0 Å². The van der Waals surface area contributed by atoms with Crippen LogP contribution in [0.25, 0.3) is 0 Å². The molecule has 1 rings (SSSR count). The van der Waals surface area contributed by atoms with Crippen LogP contribution in [0, 0.1) is 17.8 Å². The number of carbonyl (C=O) groups excluding carboxylic acids is 1. The van der Waals surface area contributed by atoms with E-state index < -0.39 is 5.60 Å². The van der Waals surface area contributed by atoms with Gasteiger partial charge in [0, 0.05) is 19.4 Å². The molecule has 96 valence electrons. The second-order valence-electron chi connectivity index (χ2n) is 4.96. The molecule has 17 heavy (non-hydrogen) atoms. The molecule has 0 radical (unpaired) electrons. The van der Waals surface area contributed by atoms with Gasteiger partial charge in [-0.15, -0.1) is 11.8 Å². The first-order valence-electron chi connectivity index (χ1n) is 6.71. The fourth-order valence-corrected chi connectivity index (χ4v) is 2.54. The van der Waals surface area contributed by atoms with E-state index in [-0.39, 0.29) is 5.78 Å². The maximum Gasteiger partial charge on any atom is 0.165 e. The lowest BCUT2D eigenvalue weighted by Crippen LogP contribution is -2.44. The van der Waals surface area contributed by atoms with E-state index in [4.69, 9.17) is 4.74 Å². The molecule has 1 fully saturated rings. The summed E-state index contributed by atoms with van der Waals surface area (Å²) in [5.41, 5.74) is -0.489. The SMILES string of the molecule is CC#CCCC(=O)C1(OCC)CCC(C)CC1. The fraction of sp³-hybridized carbons (Fsp3) is 0.800. The van der Waals surface area contributed by atoms with Gasteiger partial charge in [-0.05, 0) is 45.4 Å². The topological polar surface area (TPSA) is 26.3 Å². The van der Waals surface area contributed by atoms with Crippen LogP contribution >= 0.6 is 0 Å². The first kappa shape index (κ1) is 14.3. The third kappa shape index (κ3) is 3.85. The summed E-state index contributed by atoms with van der Waals surface area (Å²) in [5.74, 6) is 6.78. The summed E-state index contributed by atoms with van der Waals surface area (Å²) >= 11 is 0. The molecule has 0 aromatic carbocycles. The molecular weight excluding hydrogens is 212 g/mol. The van der Waals surface area contributed by atoms with Gasteiger partial charge in [0.25, 0.3) is 0 Å². The van der Waals surface area contributed by atoms with E-state index >= 15 is 0 Å². The molecule has 1 aliphatic rings. The molecular formula is C15H24O2. The molecule has 0 aromatic heterocycles. The van der Waals surface area contributed by atoms with Gasteiger partial charge in [-0.3, -0.25) is 4.79 Å². The normalized spacial score (nSPS) is 28.3. The predicted molar refractivity (Wildman–Crippen MR) is 69.7 cm³/mol. The van der Waals surface area contributed by atoms with Crippen LogP contribution in [0.1, 0.15) is 59.3 Å². The Bertz CT molecular complexity index is 301. The second kappa shape index (κ2) is 6.81. The number of hydrogen-bond donors (Lipinski definition) is 0. The van der Waals surface area contributed by atoms with Crippen molar-refractivity contribution in [2.45, 2.75) is 64.9 Å². The maximum atomic E-state index is 12.3. The quantitative estimate of drug-likeness (QED) is 0.684. The van der Waals surface area contributed by atoms with Gasteiger partial charge in [0.1, 0.15) is 5.60 Å². The fourth-order valence-electron chi connectivity index (χ4n) is 2.54. The third-order valence-corrected chi connectivity index (χ3v) is 3.66. The van der Waals surface area contributed by atoms with Crippen LogP contribution in [0.5, 0.6) is 0 Å². The smallest absolute Gasteiger partial charge is 0.165 e. The Balaban J connectivity index is 2.62. The Morgan fingerprint density at radius 1 is 1.41 bits per heavy atom. The highest BCUT2D eigenvalue weighted by Crippen LogP contribution is 2.36. The highest BCUT2D eigenvalue weighted by molar-refractivity contribution is 5.87. The van der Waals surface area contributed by atoms with Gasteiger partial charge in [0.15, 0.2) is 5.78 Å². The lowest BCUT2D eigenvalue weighted by Gasteiger charge is -2.37. The van der Waals surface area contributed by atoms with Crippen molar-refractivity contribution in [2.24, 2.45) is 5.92 Å². The largest absolute Gasteiger partial charge is 0.368 e. The molecule has 0 unspecified atom stereocenters. The zero-order valence-electron chi connectivity index (χ0n) is 11.3. The van der Waals surface area contributed by atoms with E-state index in [9.17, 15) is 4.79 Å². The molecule has 0 aliphatic heterocycles. The predicted octanol–water partition coefficient (Wildman–Crippen LogP) is 3.34. The molecule has 0 N–H and O–H groups in total. The number of rotatable bonds is 5. The third-order valence-electron chi connectivity index (χ3n) is 3.66. The van der Waals surface area contributed by atoms with Crippen molar-refractivity contribution in [3.8, 4) is 11.8 Å². The summed E-state index contributed by atoms with van der Waals surface area (Å²) in [6.07, 6.45) is 5.19. The van der Waals surface area contributed by atoms with Crippen molar-refractivity contribution in [1.82, 2.24) is 0 Å². The monoisotopic (exact) mass is 236 g/mol. The van der Waals surface area contributed by atoms with Gasteiger partial charge in [0.05, 0.1) is 0 Å². The summed E-state index contributed by atoms with van der Waals surface area (Å²) < 4.78 is 5.81. The summed E-state index contributed by atoms with van der Waals surface area (Å²) in [4.78, 5) is 12.3. The van der Waals surface area contributed by atoms with Gasteiger partial charge in [-0.2, -0.15) is 0 Å². The first-order valence-corrected chi connectivity index (χ1v) is 6.71. The minimum atomic E-state index is -0.489. The zero-order valence-corrected chi connectivity index (χ0v) is 11.3. The Morgan fingerprint density at radius 2 is 2.06 bits per heavy atom. The lowest BCUT2D eigenvalue weighted by atomic mass is 9.76. The van der Waals surface area contributed by atoms with Gasteiger partial charge >= 0.3 is 0 Å². The van der Waals surface area contributed by atoms with Crippen molar-refractivity contribution >= 4 is 5.78 Å². The van der Waals surface area contributed by atoms with Crippen molar-refractivity contribution in [3.63, 3.8) is 0 Å². The zero-order chi connectivity index (χ0) is 12.7. The standard InChI is InChI=1S/C15H24O2/c1-4-6-7-8-14(16)15(17-5-2)11-9-13(3)10-12-15/h13H,5,7-12H2,1-3H3. The Morgan fingerprint density at radius 3 is 2.59 bits per heavy atom. The molecule has 2 heteroatoms. The van der Waals surface area contributed by atoms with Crippen LogP contribution in [0.4, 0.5) is 0 Å². The average molecular weight is 236 g/mol. The minimum absolute atomic E-state index is 0.258. The molecule has 0 saturated heterocycles. The van der Waals surface area contributed by atoms with Crippen molar-refractivity contribution in [1.29, 1.82) is 0 Å². The molecule has 0 heterocycles. The number of ether oxygens (including phenoxy) is 1. The summed E-state index contributed by atoms with van der Waals surface area (Å²) in [6.45, 7) is 6.66. The summed E-state index contributed by atoms with van der Waals surface area (Å²) in [6, 6.07) is 0. The van der Waals surface area contributed by atoms with Gasteiger partial charge in [-0.25, -0.2) is 0 Å². The number of hydrogen-bond acceptors (Lipinski definition) is 2. The van der Waals surface area contributed by atoms with E-state index in [0.29, 0.717) is 19.4 Å². The first-order chi connectivity index (χ1) is 8.14. The molecule has 0 aromatic rings. The van der Waals surface area contributed by atoms with Crippen molar-refractivity contribution < 1.29 is 9.53 Å². The highest BCUT2D eigenvalue weighted by atomic mass is 16.5. The number of carbonyl (C=O) groups is 1. The van der Waals surface area contributed by atoms with E-state index in [1.807, 2.05) is 13.8 Å². The molecule has 0 bridgehead atoms. The van der Waals surface area contributed by atoms with Crippen LogP contribution in [0.2, 0.25) is 0 Å². The Kier molecular flexibility index (Phi) is 5.71. The average Bonchev–Trinajstić information content (AvgIpc) is 2.33. The van der Waals surface area contributed by atoms with Crippen LogP contribution in [0.3, 0.4) is 0 Å². The Hall–Kier alpha value is -0.810. The molecule has 1 aliphatic carbocycles. The van der Waals surface area contributed by atoms with E-state index in [2.05, 4.69) is 18.8 Å².